The highest BCUT2D eigenvalue weighted by atomic mass is 79.9. The lowest BCUT2D eigenvalue weighted by Crippen LogP contribution is -2.17. The van der Waals surface area contributed by atoms with Crippen LogP contribution >= 0.6 is 27.3 Å². The fourth-order valence-electron chi connectivity index (χ4n) is 1.50. The number of aromatic nitrogens is 1. The predicted molar refractivity (Wildman–Crippen MR) is 67.2 cm³/mol. The molecule has 1 aromatic carbocycles. The molecule has 1 aromatic heterocycles. The Kier molecular flexibility index (Phi) is 3.51. The number of thiazole rings is 1. The van der Waals surface area contributed by atoms with E-state index in [1.54, 1.807) is 11.3 Å². The van der Waals surface area contributed by atoms with Gasteiger partial charge in [-0.05, 0) is 24.7 Å². The summed E-state index contributed by atoms with van der Waals surface area (Å²) in [6.45, 7) is 0. The molecular formula is C11H11BrN2S. The lowest BCUT2D eigenvalue weighted by atomic mass is 10.1. The number of rotatable bonds is 3. The van der Waals surface area contributed by atoms with Crippen molar-refractivity contribution in [2.45, 2.75) is 6.04 Å². The average molecular weight is 283 g/mol. The molecule has 0 amide bonds. The zero-order chi connectivity index (χ0) is 10.7. The summed E-state index contributed by atoms with van der Waals surface area (Å²) in [7, 11) is 1.95. The normalized spacial score (nSPS) is 12.7. The summed E-state index contributed by atoms with van der Waals surface area (Å²) in [5, 5.41) is 6.37. The van der Waals surface area contributed by atoms with Gasteiger partial charge in [0.25, 0.3) is 0 Å². The van der Waals surface area contributed by atoms with Gasteiger partial charge in [0, 0.05) is 16.0 Å². The standard InChI is InChI=1S/C11H11BrN2S/c1-13-10(11-14-5-6-15-11)8-3-2-4-9(12)7-8/h2-7,10,13H,1H3. The summed E-state index contributed by atoms with van der Waals surface area (Å²) in [5.74, 6) is 0. The minimum atomic E-state index is 0.183. The van der Waals surface area contributed by atoms with Gasteiger partial charge in [0.05, 0.1) is 6.04 Å². The number of nitrogens with zero attached hydrogens (tertiary/aromatic N) is 1. The first kappa shape index (κ1) is 10.8. The molecule has 0 radical (unpaired) electrons. The van der Waals surface area contributed by atoms with E-state index in [-0.39, 0.29) is 6.04 Å². The van der Waals surface area contributed by atoms with Gasteiger partial charge in [0.1, 0.15) is 5.01 Å². The molecule has 0 spiro atoms. The lowest BCUT2D eigenvalue weighted by Gasteiger charge is -2.13. The van der Waals surface area contributed by atoms with E-state index in [1.165, 1.54) is 5.56 Å². The summed E-state index contributed by atoms with van der Waals surface area (Å²) in [6.07, 6.45) is 1.84. The van der Waals surface area contributed by atoms with E-state index in [1.807, 2.05) is 30.8 Å². The summed E-state index contributed by atoms with van der Waals surface area (Å²) < 4.78 is 1.09. The third kappa shape index (κ3) is 2.45. The van der Waals surface area contributed by atoms with Gasteiger partial charge in [-0.1, -0.05) is 28.1 Å². The minimum Gasteiger partial charge on any atom is -0.307 e. The highest BCUT2D eigenvalue weighted by Crippen LogP contribution is 2.25. The third-order valence-electron chi connectivity index (χ3n) is 2.17. The lowest BCUT2D eigenvalue weighted by molar-refractivity contribution is 0.686. The Balaban J connectivity index is 2.35. The predicted octanol–water partition coefficient (Wildman–Crippen LogP) is 3.21. The van der Waals surface area contributed by atoms with Gasteiger partial charge in [-0.25, -0.2) is 4.98 Å². The molecule has 1 atom stereocenters. The Morgan fingerprint density at radius 2 is 2.33 bits per heavy atom. The van der Waals surface area contributed by atoms with Crippen LogP contribution in [0.4, 0.5) is 0 Å². The smallest absolute Gasteiger partial charge is 0.114 e. The second-order valence-corrected chi connectivity index (χ2v) is 4.99. The minimum absolute atomic E-state index is 0.183. The van der Waals surface area contributed by atoms with E-state index in [0.29, 0.717) is 0 Å². The van der Waals surface area contributed by atoms with Gasteiger partial charge >= 0.3 is 0 Å². The maximum absolute atomic E-state index is 4.33. The van der Waals surface area contributed by atoms with Crippen molar-refractivity contribution in [2.75, 3.05) is 7.05 Å². The fraction of sp³-hybridized carbons (Fsp3) is 0.182. The second-order valence-electron chi connectivity index (χ2n) is 3.15. The Morgan fingerprint density at radius 3 is 2.93 bits per heavy atom. The molecule has 0 fully saturated rings. The van der Waals surface area contributed by atoms with Gasteiger partial charge in [0.15, 0.2) is 0 Å². The number of halogens is 1. The molecule has 2 nitrogen and oxygen atoms in total. The van der Waals surface area contributed by atoms with Crippen LogP contribution in [0.3, 0.4) is 0 Å². The zero-order valence-electron chi connectivity index (χ0n) is 8.27. The van der Waals surface area contributed by atoms with Crippen molar-refractivity contribution in [3.8, 4) is 0 Å². The van der Waals surface area contributed by atoms with E-state index in [4.69, 9.17) is 0 Å². The molecule has 1 heterocycles. The molecule has 0 saturated heterocycles. The molecule has 2 rings (SSSR count). The first-order chi connectivity index (χ1) is 7.31. The largest absolute Gasteiger partial charge is 0.307 e. The summed E-state index contributed by atoms with van der Waals surface area (Å²) in [5.41, 5.74) is 1.22. The van der Waals surface area contributed by atoms with E-state index in [0.717, 1.165) is 9.48 Å². The zero-order valence-corrected chi connectivity index (χ0v) is 10.7. The van der Waals surface area contributed by atoms with Crippen LogP contribution < -0.4 is 5.32 Å². The first-order valence-electron chi connectivity index (χ1n) is 4.63. The highest BCUT2D eigenvalue weighted by molar-refractivity contribution is 9.10. The first-order valence-corrected chi connectivity index (χ1v) is 6.30. The van der Waals surface area contributed by atoms with E-state index in [2.05, 4.69) is 38.4 Å². The van der Waals surface area contributed by atoms with Gasteiger partial charge in [-0.2, -0.15) is 0 Å². The van der Waals surface area contributed by atoms with Crippen molar-refractivity contribution in [2.24, 2.45) is 0 Å². The SMILES string of the molecule is CNC(c1cccc(Br)c1)c1nccs1. The van der Waals surface area contributed by atoms with Crippen molar-refractivity contribution in [3.05, 3.63) is 50.9 Å². The van der Waals surface area contributed by atoms with Crippen LogP contribution in [0, 0.1) is 0 Å². The van der Waals surface area contributed by atoms with E-state index < -0.39 is 0 Å². The molecule has 0 aliphatic heterocycles. The molecule has 0 aliphatic rings. The Hall–Kier alpha value is -0.710. The van der Waals surface area contributed by atoms with Crippen LogP contribution in [0.1, 0.15) is 16.6 Å². The number of benzene rings is 1. The van der Waals surface area contributed by atoms with Gasteiger partial charge in [-0.15, -0.1) is 11.3 Å². The number of hydrogen-bond acceptors (Lipinski definition) is 3. The molecular weight excluding hydrogens is 272 g/mol. The maximum Gasteiger partial charge on any atom is 0.114 e. The summed E-state index contributed by atoms with van der Waals surface area (Å²) >= 11 is 5.15. The van der Waals surface area contributed by atoms with Gasteiger partial charge in [0.2, 0.25) is 0 Å². The quantitative estimate of drug-likeness (QED) is 0.935. The maximum atomic E-state index is 4.33. The Bertz CT molecular complexity index is 428. The Labute approximate surface area is 101 Å². The molecule has 2 aromatic rings. The molecule has 1 N–H and O–H groups in total. The average Bonchev–Trinajstić information content (AvgIpc) is 2.72. The van der Waals surface area contributed by atoms with Crippen molar-refractivity contribution in [1.29, 1.82) is 0 Å². The van der Waals surface area contributed by atoms with Gasteiger partial charge in [-0.3, -0.25) is 0 Å². The van der Waals surface area contributed by atoms with Crippen LogP contribution in [-0.4, -0.2) is 12.0 Å². The van der Waals surface area contributed by atoms with Crippen molar-refractivity contribution in [3.63, 3.8) is 0 Å². The van der Waals surface area contributed by atoms with Crippen LogP contribution in [-0.2, 0) is 0 Å². The molecule has 0 bridgehead atoms. The van der Waals surface area contributed by atoms with Crippen molar-refractivity contribution >= 4 is 27.3 Å². The van der Waals surface area contributed by atoms with Crippen molar-refractivity contribution < 1.29 is 0 Å². The van der Waals surface area contributed by atoms with Crippen LogP contribution in [0.15, 0.2) is 40.3 Å². The molecule has 4 heteroatoms. The molecule has 0 aliphatic carbocycles. The number of hydrogen-bond donors (Lipinski definition) is 1. The third-order valence-corrected chi connectivity index (χ3v) is 3.50. The molecule has 1 unspecified atom stereocenters. The van der Waals surface area contributed by atoms with Crippen LogP contribution in [0.2, 0.25) is 0 Å². The van der Waals surface area contributed by atoms with Crippen LogP contribution in [0.5, 0.6) is 0 Å². The van der Waals surface area contributed by atoms with E-state index in [9.17, 15) is 0 Å². The number of nitrogens with one attached hydrogen (secondary N) is 1. The van der Waals surface area contributed by atoms with Gasteiger partial charge < -0.3 is 5.32 Å². The fourth-order valence-corrected chi connectivity index (χ4v) is 2.69. The second kappa shape index (κ2) is 4.88. The highest BCUT2D eigenvalue weighted by Gasteiger charge is 2.13. The molecule has 0 saturated carbocycles. The molecule has 15 heavy (non-hydrogen) atoms. The topological polar surface area (TPSA) is 24.9 Å². The molecule has 78 valence electrons. The van der Waals surface area contributed by atoms with Crippen LogP contribution in [0.25, 0.3) is 0 Å². The van der Waals surface area contributed by atoms with E-state index >= 15 is 0 Å². The monoisotopic (exact) mass is 282 g/mol. The summed E-state index contributed by atoms with van der Waals surface area (Å²) in [6, 6.07) is 8.47. The summed E-state index contributed by atoms with van der Waals surface area (Å²) in [4.78, 5) is 4.33. The van der Waals surface area contributed by atoms with Crippen molar-refractivity contribution in [1.82, 2.24) is 10.3 Å². The Morgan fingerprint density at radius 1 is 1.47 bits per heavy atom.